The van der Waals surface area contributed by atoms with E-state index in [2.05, 4.69) is 55.1 Å². The summed E-state index contributed by atoms with van der Waals surface area (Å²) in [4.78, 5) is 100.0. The lowest BCUT2D eigenvalue weighted by Crippen LogP contribution is -2.19. The highest BCUT2D eigenvalue weighted by Crippen LogP contribution is 2.44. The van der Waals surface area contributed by atoms with Crippen LogP contribution >= 0.6 is 45.2 Å². The number of allylic oxidation sites excluding steroid dienone is 4. The molecule has 3 aliphatic rings. The molecule has 0 radical (unpaired) electrons. The van der Waals surface area contributed by atoms with E-state index < -0.39 is 35.4 Å². The molecule has 5 heterocycles. The van der Waals surface area contributed by atoms with Crippen LogP contribution in [-0.4, -0.2) is 85.3 Å². The van der Waals surface area contributed by atoms with Gasteiger partial charge in [-0.15, -0.1) is 0 Å². The van der Waals surface area contributed by atoms with Crippen molar-refractivity contribution in [3.63, 3.8) is 0 Å². The van der Waals surface area contributed by atoms with E-state index >= 15 is 9.59 Å². The van der Waals surface area contributed by atoms with Crippen LogP contribution in [0.2, 0.25) is 0 Å². The van der Waals surface area contributed by atoms with E-state index in [4.69, 9.17) is 28.9 Å². The quantitative estimate of drug-likeness (QED) is 0.0698. The van der Waals surface area contributed by atoms with Gasteiger partial charge >= 0.3 is 23.9 Å². The molecule has 2 aromatic heterocycles. The van der Waals surface area contributed by atoms with Gasteiger partial charge in [0.15, 0.2) is 0 Å². The molecular formula is C52H50I2N4O10. The number of carbonyl (C=O) groups is 6. The Hall–Kier alpha value is -6.02. The summed E-state index contributed by atoms with van der Waals surface area (Å²) in [5.41, 5.74) is 9.77. The molecular weight excluding hydrogens is 1090 g/mol. The fourth-order valence-electron chi connectivity index (χ4n) is 9.06. The summed E-state index contributed by atoms with van der Waals surface area (Å²) >= 11 is 4.45. The Balaban J connectivity index is 1.67. The number of methoxy groups -OCH3 is 4. The summed E-state index contributed by atoms with van der Waals surface area (Å²) in [6.07, 6.45) is 0.305. The molecule has 0 saturated heterocycles. The van der Waals surface area contributed by atoms with Gasteiger partial charge in [0.1, 0.15) is 11.4 Å². The highest BCUT2D eigenvalue weighted by atomic mass is 127. The monoisotopic (exact) mass is 1140 g/mol. The fourth-order valence-corrected chi connectivity index (χ4v) is 10.1. The zero-order valence-corrected chi connectivity index (χ0v) is 43.3. The summed E-state index contributed by atoms with van der Waals surface area (Å²) in [6, 6.07) is 15.5. The lowest BCUT2D eigenvalue weighted by molar-refractivity contribution is -0.141. The molecule has 16 heteroatoms. The van der Waals surface area contributed by atoms with E-state index in [1.807, 2.05) is 76.2 Å². The number of ketones is 2. The normalized spacial score (nSPS) is 14.7. The predicted octanol–water partition coefficient (Wildman–Crippen LogP) is 9.43. The number of H-pyrrole nitrogens is 2. The van der Waals surface area contributed by atoms with Gasteiger partial charge < -0.3 is 28.9 Å². The van der Waals surface area contributed by atoms with Crippen molar-refractivity contribution < 1.29 is 47.7 Å². The smallest absolute Gasteiger partial charge is 0.305 e. The Morgan fingerprint density at radius 1 is 0.515 bits per heavy atom. The molecule has 0 fully saturated rings. The number of ether oxygens (including phenoxy) is 4. The minimum absolute atomic E-state index is 0.0392. The van der Waals surface area contributed by atoms with E-state index in [1.165, 1.54) is 28.4 Å². The Morgan fingerprint density at radius 3 is 1.18 bits per heavy atom. The van der Waals surface area contributed by atoms with Crippen molar-refractivity contribution in [3.05, 3.63) is 146 Å². The molecule has 3 aliphatic heterocycles. The van der Waals surface area contributed by atoms with Crippen LogP contribution in [0.15, 0.2) is 92.2 Å². The van der Waals surface area contributed by atoms with Gasteiger partial charge in [-0.2, -0.15) is 0 Å². The first-order chi connectivity index (χ1) is 32.5. The van der Waals surface area contributed by atoms with Crippen molar-refractivity contribution >= 4 is 103 Å². The van der Waals surface area contributed by atoms with Gasteiger partial charge in [0, 0.05) is 44.0 Å². The maximum atomic E-state index is 15.6. The molecule has 14 nitrogen and oxygen atoms in total. The highest BCUT2D eigenvalue weighted by Gasteiger charge is 2.38. The van der Waals surface area contributed by atoms with Crippen molar-refractivity contribution in [1.29, 1.82) is 0 Å². The molecule has 68 heavy (non-hydrogen) atoms. The van der Waals surface area contributed by atoms with Gasteiger partial charge in [0.05, 0.1) is 62.6 Å². The third kappa shape index (κ3) is 9.79. The number of Topliss-reactive ketones (excluding diaryl/α,β-unsaturated/α-hetero) is 2. The number of carbonyl (C=O) groups excluding carboxylic acids is 6. The summed E-state index contributed by atoms with van der Waals surface area (Å²) in [6.45, 7) is 7.45. The van der Waals surface area contributed by atoms with Crippen molar-refractivity contribution in [3.8, 4) is 0 Å². The Kier molecular flexibility index (Phi) is 15.5. The van der Waals surface area contributed by atoms with Gasteiger partial charge in [-0.05, 0) is 178 Å². The van der Waals surface area contributed by atoms with Crippen LogP contribution in [0, 0.1) is 21.0 Å². The van der Waals surface area contributed by atoms with Crippen molar-refractivity contribution in [2.75, 3.05) is 28.4 Å². The first-order valence-corrected chi connectivity index (χ1v) is 24.1. The van der Waals surface area contributed by atoms with Crippen LogP contribution in [0.25, 0.3) is 11.1 Å². The number of aromatic amines is 2. The largest absolute Gasteiger partial charge is 0.469 e. The molecule has 2 N–H and O–H groups in total. The van der Waals surface area contributed by atoms with Crippen LogP contribution < -0.4 is 0 Å². The zero-order valence-electron chi connectivity index (χ0n) is 39.0. The Bertz CT molecular complexity index is 2830. The second-order valence-corrected chi connectivity index (χ2v) is 19.0. The fraction of sp³-hybridized carbons (Fsp3) is 0.308. The van der Waals surface area contributed by atoms with E-state index in [-0.39, 0.29) is 74.2 Å². The molecule has 2 aromatic carbocycles. The number of aromatic nitrogens is 2. The number of nitrogens with zero attached hydrogens (tertiary/aromatic N) is 2. The van der Waals surface area contributed by atoms with E-state index in [0.717, 1.165) is 18.3 Å². The van der Waals surface area contributed by atoms with Crippen molar-refractivity contribution in [2.24, 2.45) is 9.98 Å². The highest BCUT2D eigenvalue weighted by molar-refractivity contribution is 14.1. The van der Waals surface area contributed by atoms with Gasteiger partial charge in [0.2, 0.25) is 11.6 Å². The lowest BCUT2D eigenvalue weighted by atomic mass is 9.90. The summed E-state index contributed by atoms with van der Waals surface area (Å²) in [7, 11) is 5.24. The van der Waals surface area contributed by atoms with Crippen LogP contribution in [0.3, 0.4) is 0 Å². The molecule has 0 amide bonds. The van der Waals surface area contributed by atoms with Crippen LogP contribution in [0.4, 0.5) is 0 Å². The average molecular weight is 1140 g/mol. The summed E-state index contributed by atoms with van der Waals surface area (Å²) < 4.78 is 22.1. The van der Waals surface area contributed by atoms with Gasteiger partial charge in [0.25, 0.3) is 0 Å². The van der Waals surface area contributed by atoms with Gasteiger partial charge in [-0.3, -0.25) is 28.8 Å². The first-order valence-electron chi connectivity index (χ1n) is 21.9. The van der Waals surface area contributed by atoms with Crippen LogP contribution in [-0.2, 0) is 51.0 Å². The Morgan fingerprint density at radius 2 is 0.853 bits per heavy atom. The standard InChI is InChI=1S/C52H50I2N4O10/c1-25-33(15-19-37(59)65-5)47-51(63)48-35(17-21-39(61)67-7)27(3)45(57-48)42(30-12-10-14-32(54)24-30)46-28(4)36(18-22-40(62)68-8)50(58-46)52(64)49-34(16-20-38(60)66-6)26(2)44(56-49)41(43(25)55-47)29-11-9-13-31(53)23-29/h9-14,23-24,55,58H,15-22H2,1-8H3. The number of aliphatic imine (C=N–C) groups is 2. The molecule has 8 bridgehead atoms. The average Bonchev–Trinajstić information content (AvgIpc) is 4.04. The van der Waals surface area contributed by atoms with Gasteiger partial charge in [-0.25, -0.2) is 9.98 Å². The number of hydrogen-bond donors (Lipinski definition) is 2. The van der Waals surface area contributed by atoms with Crippen LogP contribution in [0.5, 0.6) is 0 Å². The minimum Gasteiger partial charge on any atom is -0.469 e. The third-order valence-corrected chi connectivity index (χ3v) is 14.0. The zero-order chi connectivity index (χ0) is 49.1. The second kappa shape index (κ2) is 21.1. The number of fused-ring (bicyclic) bond motifs is 6. The predicted molar refractivity (Wildman–Crippen MR) is 274 cm³/mol. The number of nitrogens with one attached hydrogen (secondary N) is 2. The second-order valence-electron chi connectivity index (χ2n) is 16.5. The molecule has 0 unspecified atom stereocenters. The molecule has 0 saturated carbocycles. The van der Waals surface area contributed by atoms with Crippen molar-refractivity contribution in [2.45, 2.75) is 79.1 Å². The maximum Gasteiger partial charge on any atom is 0.305 e. The lowest BCUT2D eigenvalue weighted by Gasteiger charge is -2.13. The molecule has 352 valence electrons. The minimum atomic E-state index is -0.472. The number of esters is 4. The molecule has 4 aromatic rings. The topological polar surface area (TPSA) is 196 Å². The van der Waals surface area contributed by atoms with E-state index in [0.29, 0.717) is 78.5 Å². The Labute approximate surface area is 421 Å². The first kappa shape index (κ1) is 49.9. The SMILES string of the molecule is COC(=O)CCC1=C(C)C2=C(c3cccc(I)c3)c3[nH]c(c(CCC(=O)OC)c3C)C(=O)C3=NC(=C(c4cccc(I)c4)c4[nH]c(c(CCC(=O)OC)c4C)C(=O)C1=N2)C(C)=C3CCC(=O)OC. The third-order valence-electron chi connectivity index (χ3n) is 12.7. The number of benzene rings is 2. The molecule has 0 atom stereocenters. The summed E-state index contributed by atoms with van der Waals surface area (Å²) in [5, 5.41) is 0. The number of halogens is 2. The van der Waals surface area contributed by atoms with Gasteiger partial charge in [-0.1, -0.05) is 24.3 Å². The van der Waals surface area contributed by atoms with E-state index in [1.54, 1.807) is 0 Å². The van der Waals surface area contributed by atoms with Crippen molar-refractivity contribution in [1.82, 2.24) is 9.97 Å². The van der Waals surface area contributed by atoms with Crippen LogP contribution in [0.1, 0.15) is 118 Å². The number of rotatable bonds is 14. The summed E-state index contributed by atoms with van der Waals surface area (Å²) in [5.74, 6) is -2.81. The number of hydrogen-bond acceptors (Lipinski definition) is 12. The molecule has 7 rings (SSSR count). The maximum absolute atomic E-state index is 15.6. The van der Waals surface area contributed by atoms with E-state index in [9.17, 15) is 19.2 Å². The molecule has 0 aliphatic carbocycles. The molecule has 0 spiro atoms.